The topological polar surface area (TPSA) is 16.1 Å². The maximum atomic E-state index is 4.33. The molecule has 0 aliphatic carbocycles. The Morgan fingerprint density at radius 3 is 2.88 bits per heavy atom. The van der Waals surface area contributed by atoms with Crippen molar-refractivity contribution in [2.75, 3.05) is 13.6 Å². The summed E-state index contributed by atoms with van der Waals surface area (Å²) in [5, 5.41) is 2.12. The molecule has 2 rings (SSSR count). The van der Waals surface area contributed by atoms with E-state index < -0.39 is 0 Å². The molecule has 2 aromatic rings. The molecule has 0 N–H and O–H groups in total. The lowest BCUT2D eigenvalue weighted by Crippen LogP contribution is -2.20. The first-order valence-corrected chi connectivity index (χ1v) is 7.23. The second-order valence-electron chi connectivity index (χ2n) is 4.00. The summed E-state index contributed by atoms with van der Waals surface area (Å²) in [4.78, 5) is 8.04. The van der Waals surface area contributed by atoms with E-state index in [1.54, 1.807) is 11.3 Å². The van der Waals surface area contributed by atoms with Crippen LogP contribution in [0.4, 0.5) is 0 Å². The second-order valence-corrected chi connectivity index (χ2v) is 5.86. The van der Waals surface area contributed by atoms with Crippen LogP contribution in [0.1, 0.15) is 10.6 Å². The van der Waals surface area contributed by atoms with E-state index >= 15 is 0 Å². The summed E-state index contributed by atoms with van der Waals surface area (Å²) in [5.74, 6) is 0. The van der Waals surface area contributed by atoms with Crippen molar-refractivity contribution < 1.29 is 0 Å². The summed E-state index contributed by atoms with van der Waals surface area (Å²) in [6.07, 6.45) is 2.85. The van der Waals surface area contributed by atoms with Crippen LogP contribution in [0.3, 0.4) is 0 Å². The Balaban J connectivity index is 1.82. The molecule has 0 unspecified atom stereocenters. The number of hydrogen-bond acceptors (Lipinski definition) is 3. The molecular weight excluding hydrogens is 296 g/mol. The van der Waals surface area contributed by atoms with Gasteiger partial charge in [-0.3, -0.25) is 4.98 Å². The average molecular weight is 311 g/mol. The van der Waals surface area contributed by atoms with Gasteiger partial charge in [0.25, 0.3) is 0 Å². The number of pyridine rings is 1. The van der Waals surface area contributed by atoms with Gasteiger partial charge in [-0.05, 0) is 46.6 Å². The number of thiophene rings is 1. The van der Waals surface area contributed by atoms with E-state index in [2.05, 4.69) is 50.4 Å². The van der Waals surface area contributed by atoms with Crippen LogP contribution >= 0.6 is 27.3 Å². The molecule has 0 radical (unpaired) electrons. The van der Waals surface area contributed by atoms with Crippen molar-refractivity contribution in [3.8, 4) is 0 Å². The fourth-order valence-electron chi connectivity index (χ4n) is 1.61. The van der Waals surface area contributed by atoms with E-state index in [0.29, 0.717) is 0 Å². The van der Waals surface area contributed by atoms with Crippen LogP contribution in [0.2, 0.25) is 0 Å². The van der Waals surface area contributed by atoms with Gasteiger partial charge in [0.15, 0.2) is 0 Å². The molecule has 0 fully saturated rings. The number of nitrogens with zero attached hydrogens (tertiary/aromatic N) is 2. The molecule has 0 bridgehead atoms. The zero-order chi connectivity index (χ0) is 12.1. The highest BCUT2D eigenvalue weighted by Gasteiger charge is 2.05. The molecule has 2 nitrogen and oxygen atoms in total. The Bertz CT molecular complexity index is 455. The zero-order valence-corrected chi connectivity index (χ0v) is 12.2. The lowest BCUT2D eigenvalue weighted by atomic mass is 10.2. The van der Waals surface area contributed by atoms with Gasteiger partial charge in [-0.1, -0.05) is 6.07 Å². The zero-order valence-electron chi connectivity index (χ0n) is 9.77. The first-order chi connectivity index (χ1) is 8.25. The summed E-state index contributed by atoms with van der Waals surface area (Å²) in [6, 6.07) is 8.18. The lowest BCUT2D eigenvalue weighted by molar-refractivity contribution is 0.332. The quantitative estimate of drug-likeness (QED) is 0.839. The van der Waals surface area contributed by atoms with Gasteiger partial charge in [0.2, 0.25) is 0 Å². The third kappa shape index (κ3) is 3.91. The molecule has 2 aromatic heterocycles. The monoisotopic (exact) mass is 310 g/mol. The third-order valence-electron chi connectivity index (χ3n) is 2.58. The minimum Gasteiger partial charge on any atom is -0.301 e. The van der Waals surface area contributed by atoms with E-state index in [1.807, 2.05) is 18.3 Å². The van der Waals surface area contributed by atoms with Crippen LogP contribution in [0.25, 0.3) is 0 Å². The van der Waals surface area contributed by atoms with Crippen molar-refractivity contribution in [1.82, 2.24) is 9.88 Å². The van der Waals surface area contributed by atoms with Crippen LogP contribution in [0.15, 0.2) is 40.3 Å². The number of likely N-dealkylation sites (N-methyl/N-ethyl adjacent to an activating group) is 1. The van der Waals surface area contributed by atoms with Crippen molar-refractivity contribution in [2.45, 2.75) is 13.0 Å². The van der Waals surface area contributed by atoms with Crippen LogP contribution in [-0.4, -0.2) is 23.5 Å². The SMILES string of the molecule is CN(CCc1ccccn1)Cc1sccc1Br. The lowest BCUT2D eigenvalue weighted by Gasteiger charge is -2.15. The van der Waals surface area contributed by atoms with Crippen LogP contribution in [-0.2, 0) is 13.0 Å². The van der Waals surface area contributed by atoms with Crippen molar-refractivity contribution in [1.29, 1.82) is 0 Å². The fourth-order valence-corrected chi connectivity index (χ4v) is 3.17. The molecule has 0 aliphatic heterocycles. The Morgan fingerprint density at radius 1 is 1.35 bits per heavy atom. The Labute approximate surface area is 114 Å². The largest absolute Gasteiger partial charge is 0.301 e. The van der Waals surface area contributed by atoms with Gasteiger partial charge in [-0.25, -0.2) is 0 Å². The van der Waals surface area contributed by atoms with Gasteiger partial charge in [-0.2, -0.15) is 0 Å². The van der Waals surface area contributed by atoms with E-state index in [1.165, 1.54) is 9.35 Å². The molecular formula is C13H15BrN2S. The predicted octanol–water partition coefficient (Wildman–Crippen LogP) is 3.58. The van der Waals surface area contributed by atoms with Crippen molar-refractivity contribution in [3.05, 3.63) is 50.9 Å². The maximum absolute atomic E-state index is 4.33. The van der Waals surface area contributed by atoms with Gasteiger partial charge in [0.05, 0.1) is 0 Å². The summed E-state index contributed by atoms with van der Waals surface area (Å²) in [7, 11) is 2.15. The molecule has 0 aromatic carbocycles. The molecule has 90 valence electrons. The molecule has 0 saturated heterocycles. The van der Waals surface area contributed by atoms with Gasteiger partial charge < -0.3 is 4.90 Å². The van der Waals surface area contributed by atoms with Crippen LogP contribution in [0.5, 0.6) is 0 Å². The van der Waals surface area contributed by atoms with Crippen LogP contribution in [0, 0.1) is 0 Å². The maximum Gasteiger partial charge on any atom is 0.0416 e. The minimum absolute atomic E-state index is 0.991. The molecule has 0 amide bonds. The van der Waals surface area contributed by atoms with Gasteiger partial charge in [0.1, 0.15) is 0 Å². The van der Waals surface area contributed by atoms with E-state index in [0.717, 1.165) is 25.2 Å². The van der Waals surface area contributed by atoms with Gasteiger partial charge in [-0.15, -0.1) is 11.3 Å². The standard InChI is InChI=1S/C13H15BrN2S/c1-16(10-13-12(14)6-9-17-13)8-5-11-4-2-3-7-15-11/h2-4,6-7,9H,5,8,10H2,1H3. The highest BCUT2D eigenvalue weighted by Crippen LogP contribution is 2.23. The number of halogens is 1. The highest BCUT2D eigenvalue weighted by molar-refractivity contribution is 9.10. The highest BCUT2D eigenvalue weighted by atomic mass is 79.9. The number of hydrogen-bond donors (Lipinski definition) is 0. The van der Waals surface area contributed by atoms with Crippen molar-refractivity contribution in [2.24, 2.45) is 0 Å². The second kappa shape index (κ2) is 6.28. The molecule has 17 heavy (non-hydrogen) atoms. The first kappa shape index (κ1) is 12.7. The third-order valence-corrected chi connectivity index (χ3v) is 4.49. The first-order valence-electron chi connectivity index (χ1n) is 5.56. The van der Waals surface area contributed by atoms with E-state index in [4.69, 9.17) is 0 Å². The van der Waals surface area contributed by atoms with Gasteiger partial charge >= 0.3 is 0 Å². The smallest absolute Gasteiger partial charge is 0.0416 e. The van der Waals surface area contributed by atoms with Crippen LogP contribution < -0.4 is 0 Å². The van der Waals surface area contributed by atoms with E-state index in [-0.39, 0.29) is 0 Å². The summed E-state index contributed by atoms with van der Waals surface area (Å²) in [5.41, 5.74) is 1.16. The molecule has 0 atom stereocenters. The molecule has 2 heterocycles. The summed E-state index contributed by atoms with van der Waals surface area (Å²) < 4.78 is 1.21. The molecule has 0 spiro atoms. The Hall–Kier alpha value is -0.710. The normalized spacial score (nSPS) is 11.0. The van der Waals surface area contributed by atoms with E-state index in [9.17, 15) is 0 Å². The van der Waals surface area contributed by atoms with Crippen molar-refractivity contribution >= 4 is 27.3 Å². The predicted molar refractivity (Wildman–Crippen MR) is 76.3 cm³/mol. The molecule has 4 heteroatoms. The number of aromatic nitrogens is 1. The Morgan fingerprint density at radius 2 is 2.24 bits per heavy atom. The Kier molecular flexibility index (Phi) is 4.71. The van der Waals surface area contributed by atoms with Crippen molar-refractivity contribution in [3.63, 3.8) is 0 Å². The number of rotatable bonds is 5. The minimum atomic E-state index is 0.991. The summed E-state index contributed by atoms with van der Waals surface area (Å²) >= 11 is 5.36. The molecule has 0 aliphatic rings. The molecule has 0 saturated carbocycles. The van der Waals surface area contributed by atoms with Gasteiger partial charge in [0, 0.05) is 40.8 Å². The average Bonchev–Trinajstić information content (AvgIpc) is 2.74. The summed E-state index contributed by atoms with van der Waals surface area (Å²) in [6.45, 7) is 2.02. The fraction of sp³-hybridized carbons (Fsp3) is 0.308.